The molecule has 3 aromatic heterocycles. The molecule has 0 unspecified atom stereocenters. The molecule has 156 valence electrons. The average molecular weight is 419 g/mol. The first-order chi connectivity index (χ1) is 15.8. The number of nitrogens with two attached hydrogens (primary N) is 1. The Kier molecular flexibility index (Phi) is 5.30. The van der Waals surface area contributed by atoms with Crippen LogP contribution in [0.3, 0.4) is 0 Å². The van der Waals surface area contributed by atoms with E-state index >= 15 is 0 Å². The number of pyridine rings is 1. The van der Waals surface area contributed by atoms with Crippen LogP contribution >= 0.6 is 0 Å². The number of aromatic nitrogens is 4. The van der Waals surface area contributed by atoms with Crippen LogP contribution in [0.2, 0.25) is 0 Å². The van der Waals surface area contributed by atoms with Crippen molar-refractivity contribution in [3.05, 3.63) is 104 Å². The summed E-state index contributed by atoms with van der Waals surface area (Å²) in [5.74, 6) is 7.58. The Bertz CT molecular complexity index is 1320. The summed E-state index contributed by atoms with van der Waals surface area (Å²) in [6.07, 6.45) is 7.59. The van der Waals surface area contributed by atoms with E-state index < -0.39 is 0 Å². The van der Waals surface area contributed by atoms with Crippen LogP contribution in [0.4, 0.5) is 17.5 Å². The lowest BCUT2D eigenvalue weighted by Crippen LogP contribution is -2.14. The van der Waals surface area contributed by atoms with Crippen LogP contribution in [0.1, 0.15) is 0 Å². The number of rotatable bonds is 6. The number of nitrogens with one attached hydrogen (secondary N) is 2. The summed E-state index contributed by atoms with van der Waals surface area (Å²) in [5.41, 5.74) is 7.55. The van der Waals surface area contributed by atoms with Crippen LogP contribution in [-0.4, -0.2) is 19.5 Å². The number of hydrazine groups is 1. The van der Waals surface area contributed by atoms with Gasteiger partial charge in [0.2, 0.25) is 5.95 Å². The van der Waals surface area contributed by atoms with Crippen LogP contribution in [-0.2, 0) is 0 Å². The first-order valence-corrected chi connectivity index (χ1v) is 10.2. The van der Waals surface area contributed by atoms with Gasteiger partial charge in [0, 0.05) is 30.5 Å². The molecule has 7 heteroatoms. The van der Waals surface area contributed by atoms with E-state index in [-0.39, 0.29) is 0 Å². The smallest absolute Gasteiger partial charge is 0.231 e. The van der Waals surface area contributed by atoms with Gasteiger partial charge in [-0.25, -0.2) is 5.84 Å². The molecule has 0 saturated heterocycles. The monoisotopic (exact) mass is 419 g/mol. The predicted molar refractivity (Wildman–Crippen MR) is 128 cm³/mol. The van der Waals surface area contributed by atoms with Gasteiger partial charge in [-0.1, -0.05) is 48.5 Å². The third-order valence-corrected chi connectivity index (χ3v) is 5.07. The molecule has 0 bridgehead atoms. The van der Waals surface area contributed by atoms with Gasteiger partial charge in [0.25, 0.3) is 0 Å². The molecule has 5 aromatic rings. The van der Waals surface area contributed by atoms with Gasteiger partial charge in [-0.2, -0.15) is 9.97 Å². The first kappa shape index (κ1) is 19.5. The van der Waals surface area contributed by atoms with Gasteiger partial charge >= 0.3 is 0 Å². The SMILES string of the molecule is NNc1nc(Nc2ccccc2)nc(-n2ccc(-c3ccncc3)c2)c1-c1ccccc1. The van der Waals surface area contributed by atoms with Crippen LogP contribution in [0.25, 0.3) is 28.1 Å². The maximum absolute atomic E-state index is 5.91. The summed E-state index contributed by atoms with van der Waals surface area (Å²) in [4.78, 5) is 13.6. The molecular formula is C25H21N7. The van der Waals surface area contributed by atoms with E-state index in [1.807, 2.05) is 95.8 Å². The third-order valence-electron chi connectivity index (χ3n) is 5.07. The molecule has 4 N–H and O–H groups in total. The van der Waals surface area contributed by atoms with Crippen molar-refractivity contribution in [1.29, 1.82) is 0 Å². The lowest BCUT2D eigenvalue weighted by Gasteiger charge is -2.16. The minimum atomic E-state index is 0.443. The molecule has 0 atom stereocenters. The molecule has 2 aromatic carbocycles. The molecule has 0 aliphatic heterocycles. The molecule has 7 nitrogen and oxygen atoms in total. The number of nitrogens with zero attached hydrogens (tertiary/aromatic N) is 4. The van der Waals surface area contributed by atoms with E-state index in [2.05, 4.69) is 20.7 Å². The van der Waals surface area contributed by atoms with Crippen molar-refractivity contribution < 1.29 is 0 Å². The third kappa shape index (κ3) is 3.92. The van der Waals surface area contributed by atoms with E-state index in [0.29, 0.717) is 17.6 Å². The number of hydrogen-bond donors (Lipinski definition) is 3. The Labute approximate surface area is 185 Å². The number of anilines is 3. The average Bonchev–Trinajstić information content (AvgIpc) is 3.35. The second kappa shape index (κ2) is 8.71. The van der Waals surface area contributed by atoms with Gasteiger partial charge in [0.05, 0.1) is 5.56 Å². The number of para-hydroxylation sites is 1. The minimum Gasteiger partial charge on any atom is -0.324 e. The van der Waals surface area contributed by atoms with Crippen LogP contribution in [0.5, 0.6) is 0 Å². The lowest BCUT2D eigenvalue weighted by atomic mass is 10.1. The second-order valence-corrected chi connectivity index (χ2v) is 7.14. The zero-order chi connectivity index (χ0) is 21.8. The first-order valence-electron chi connectivity index (χ1n) is 10.2. The molecule has 0 aliphatic rings. The quantitative estimate of drug-likeness (QED) is 0.264. The summed E-state index contributed by atoms with van der Waals surface area (Å²) in [6.45, 7) is 0. The van der Waals surface area contributed by atoms with Crippen molar-refractivity contribution in [2.75, 3.05) is 10.7 Å². The van der Waals surface area contributed by atoms with Crippen LogP contribution < -0.4 is 16.6 Å². The van der Waals surface area contributed by atoms with Gasteiger partial charge in [0.15, 0.2) is 11.6 Å². The highest BCUT2D eigenvalue weighted by atomic mass is 15.3. The molecular weight excluding hydrogens is 398 g/mol. The van der Waals surface area contributed by atoms with Crippen molar-refractivity contribution in [3.8, 4) is 28.1 Å². The molecule has 0 aliphatic carbocycles. The normalized spacial score (nSPS) is 10.7. The van der Waals surface area contributed by atoms with Gasteiger partial charge in [0.1, 0.15) is 0 Å². The largest absolute Gasteiger partial charge is 0.324 e. The van der Waals surface area contributed by atoms with Gasteiger partial charge in [-0.15, -0.1) is 0 Å². The minimum absolute atomic E-state index is 0.443. The highest BCUT2D eigenvalue weighted by Gasteiger charge is 2.18. The molecule has 0 fully saturated rings. The summed E-state index contributed by atoms with van der Waals surface area (Å²) >= 11 is 0. The van der Waals surface area contributed by atoms with E-state index in [9.17, 15) is 0 Å². The van der Waals surface area contributed by atoms with E-state index in [0.717, 1.165) is 27.9 Å². The second-order valence-electron chi connectivity index (χ2n) is 7.14. The fourth-order valence-corrected chi connectivity index (χ4v) is 3.56. The predicted octanol–water partition coefficient (Wildman–Crippen LogP) is 5.03. The van der Waals surface area contributed by atoms with Gasteiger partial charge in [-0.3, -0.25) is 4.98 Å². The molecule has 0 saturated carbocycles. The molecule has 3 heterocycles. The number of benzene rings is 2. The molecule has 0 radical (unpaired) electrons. The number of hydrogen-bond acceptors (Lipinski definition) is 6. The fraction of sp³-hybridized carbons (Fsp3) is 0. The zero-order valence-electron chi connectivity index (χ0n) is 17.2. The Morgan fingerprint density at radius 3 is 2.16 bits per heavy atom. The van der Waals surface area contributed by atoms with Gasteiger partial charge in [-0.05, 0) is 47.0 Å². The number of nitrogen functional groups attached to an aromatic ring is 1. The standard InChI is InChI=1S/C25H21N7/c26-31-23-22(19-7-3-1-4-8-19)24(30-25(29-23)28-21-9-5-2-6-10-21)32-16-13-20(17-32)18-11-14-27-15-12-18/h1-17H,26H2,(H2,28,29,30,31). The fourth-order valence-electron chi connectivity index (χ4n) is 3.56. The molecule has 0 amide bonds. The van der Waals surface area contributed by atoms with Crippen molar-refractivity contribution in [1.82, 2.24) is 19.5 Å². The molecule has 5 rings (SSSR count). The van der Waals surface area contributed by atoms with Crippen LogP contribution in [0.15, 0.2) is 104 Å². The van der Waals surface area contributed by atoms with Crippen molar-refractivity contribution in [3.63, 3.8) is 0 Å². The van der Waals surface area contributed by atoms with E-state index in [4.69, 9.17) is 10.8 Å². The summed E-state index contributed by atoms with van der Waals surface area (Å²) in [5, 5.41) is 3.27. The maximum Gasteiger partial charge on any atom is 0.231 e. The Morgan fingerprint density at radius 1 is 0.719 bits per heavy atom. The van der Waals surface area contributed by atoms with Crippen molar-refractivity contribution >= 4 is 17.5 Å². The highest BCUT2D eigenvalue weighted by molar-refractivity contribution is 5.83. The Hall–Kier alpha value is -4.49. The zero-order valence-corrected chi connectivity index (χ0v) is 17.2. The molecule has 0 spiro atoms. The summed E-state index contributed by atoms with van der Waals surface area (Å²) < 4.78 is 1.98. The lowest BCUT2D eigenvalue weighted by molar-refractivity contribution is 0.989. The maximum atomic E-state index is 5.91. The van der Waals surface area contributed by atoms with E-state index in [1.54, 1.807) is 12.4 Å². The van der Waals surface area contributed by atoms with Crippen LogP contribution in [0, 0.1) is 0 Å². The highest BCUT2D eigenvalue weighted by Crippen LogP contribution is 2.34. The Morgan fingerprint density at radius 2 is 1.44 bits per heavy atom. The topological polar surface area (TPSA) is 93.7 Å². The van der Waals surface area contributed by atoms with Crippen molar-refractivity contribution in [2.45, 2.75) is 0 Å². The van der Waals surface area contributed by atoms with Crippen molar-refractivity contribution in [2.24, 2.45) is 5.84 Å². The van der Waals surface area contributed by atoms with Gasteiger partial charge < -0.3 is 15.3 Å². The Balaban J connectivity index is 1.66. The summed E-state index contributed by atoms with van der Waals surface area (Å²) in [6, 6.07) is 25.8. The van der Waals surface area contributed by atoms with E-state index in [1.165, 1.54) is 0 Å². The summed E-state index contributed by atoms with van der Waals surface area (Å²) in [7, 11) is 0. The molecule has 32 heavy (non-hydrogen) atoms.